The van der Waals surface area contributed by atoms with Gasteiger partial charge in [0.15, 0.2) is 0 Å². The monoisotopic (exact) mass is 727 g/mol. The van der Waals surface area contributed by atoms with Crippen LogP contribution in [0.15, 0.2) is 151 Å². The standard InChI is InChI=1S/C53H49N3/c1-33-13-11-20-43-50(36-25-23-35(24-26-36)40-19-12-15-34-14-5-6-16-39(34)40)54-52(55(4)51(33)43)37-27-29-38(30-28-37)56-48-22-10-8-18-42(48)45-31-47-44(32-49(45)56)41-17-7-9-21-46(41)53(47,2)3/h5-9,11-21,23-31,33,44,50-52,54H,10,22,32H2,1-4H3. The number of fused-ring (bicyclic) bond motifs is 8. The van der Waals surface area contributed by atoms with Gasteiger partial charge in [0.05, 0.1) is 12.2 Å². The minimum absolute atomic E-state index is 0.0460. The molecule has 1 fully saturated rings. The lowest BCUT2D eigenvalue weighted by Gasteiger charge is -2.49. The Labute approximate surface area is 331 Å². The van der Waals surface area contributed by atoms with Crippen molar-refractivity contribution in [2.75, 3.05) is 7.05 Å². The fourth-order valence-corrected chi connectivity index (χ4v) is 11.2. The van der Waals surface area contributed by atoms with E-state index >= 15 is 0 Å². The second-order valence-electron chi connectivity index (χ2n) is 17.3. The summed E-state index contributed by atoms with van der Waals surface area (Å²) >= 11 is 0. The summed E-state index contributed by atoms with van der Waals surface area (Å²) in [5.41, 5.74) is 18.3. The van der Waals surface area contributed by atoms with Gasteiger partial charge in [-0.2, -0.15) is 0 Å². The van der Waals surface area contributed by atoms with E-state index < -0.39 is 0 Å². The zero-order valence-corrected chi connectivity index (χ0v) is 32.8. The molecule has 3 nitrogen and oxygen atoms in total. The number of benzene rings is 5. The summed E-state index contributed by atoms with van der Waals surface area (Å²) in [5, 5.41) is 6.71. The van der Waals surface area contributed by atoms with Crippen LogP contribution in [0.2, 0.25) is 0 Å². The highest BCUT2D eigenvalue weighted by molar-refractivity contribution is 5.96. The number of allylic oxidation sites excluding steroid dienone is 4. The van der Waals surface area contributed by atoms with E-state index in [0.717, 1.165) is 19.3 Å². The molecule has 6 aromatic rings. The zero-order valence-electron chi connectivity index (χ0n) is 32.8. The molecular formula is C53H49N3. The molecule has 4 aliphatic carbocycles. The molecule has 3 heteroatoms. The summed E-state index contributed by atoms with van der Waals surface area (Å²) in [6.07, 6.45) is 17.6. The topological polar surface area (TPSA) is 20.2 Å². The van der Waals surface area contributed by atoms with Gasteiger partial charge in [-0.25, -0.2) is 0 Å². The molecule has 1 N–H and O–H groups in total. The van der Waals surface area contributed by atoms with Gasteiger partial charge in [-0.05, 0) is 94.1 Å². The lowest BCUT2D eigenvalue weighted by atomic mass is 9.76. The smallest absolute Gasteiger partial charge is 0.0870 e. The molecule has 1 aliphatic heterocycles. The minimum Gasteiger partial charge on any atom is -0.317 e. The van der Waals surface area contributed by atoms with E-state index in [1.54, 1.807) is 5.57 Å². The molecule has 11 rings (SSSR count). The predicted octanol–water partition coefficient (Wildman–Crippen LogP) is 12.0. The maximum atomic E-state index is 4.14. The SMILES string of the molecule is CC1C=CC=C2C(c3ccc(-c4cccc5ccccc45)cc3)NC(c3ccc(-n4c5c(c6c4CC4C(=C6)C(C)(C)c6ccccc64)C=CCC5)cc3)N(C)C21. The average Bonchev–Trinajstić information content (AvgIpc) is 3.68. The van der Waals surface area contributed by atoms with E-state index in [1.165, 1.54) is 77.9 Å². The van der Waals surface area contributed by atoms with Crippen LogP contribution in [0.25, 0.3) is 39.7 Å². The second-order valence-corrected chi connectivity index (χ2v) is 17.3. The average molecular weight is 728 g/mol. The van der Waals surface area contributed by atoms with Crippen molar-refractivity contribution in [2.24, 2.45) is 5.92 Å². The highest BCUT2D eigenvalue weighted by Crippen LogP contribution is 2.55. The van der Waals surface area contributed by atoms with Gasteiger partial charge in [0.25, 0.3) is 0 Å². The number of nitrogens with zero attached hydrogens (tertiary/aromatic N) is 2. The molecule has 5 aliphatic rings. The van der Waals surface area contributed by atoms with Crippen LogP contribution in [0.1, 0.15) is 90.1 Å². The number of hydrogen-bond acceptors (Lipinski definition) is 2. The molecule has 5 unspecified atom stereocenters. The quantitative estimate of drug-likeness (QED) is 0.195. The molecule has 0 bridgehead atoms. The number of rotatable bonds is 4. The highest BCUT2D eigenvalue weighted by atomic mass is 15.3. The third kappa shape index (κ3) is 5.03. The summed E-state index contributed by atoms with van der Waals surface area (Å²) in [4.78, 5) is 2.56. The zero-order chi connectivity index (χ0) is 37.7. The van der Waals surface area contributed by atoms with Crippen LogP contribution in [0.4, 0.5) is 0 Å². The molecule has 1 aromatic heterocycles. The Kier molecular flexibility index (Phi) is 7.72. The summed E-state index contributed by atoms with van der Waals surface area (Å²) in [5.74, 6) is 0.843. The first-order chi connectivity index (χ1) is 27.4. The van der Waals surface area contributed by atoms with Crippen LogP contribution in [-0.2, 0) is 18.3 Å². The van der Waals surface area contributed by atoms with Crippen LogP contribution >= 0.6 is 0 Å². The van der Waals surface area contributed by atoms with Gasteiger partial charge in [0.2, 0.25) is 0 Å². The van der Waals surface area contributed by atoms with Crippen LogP contribution in [0.3, 0.4) is 0 Å². The van der Waals surface area contributed by atoms with Crippen LogP contribution in [-0.4, -0.2) is 22.6 Å². The summed E-state index contributed by atoms with van der Waals surface area (Å²) in [7, 11) is 2.30. The Morgan fingerprint density at radius 1 is 0.768 bits per heavy atom. The first-order valence-electron chi connectivity index (χ1n) is 20.7. The van der Waals surface area contributed by atoms with Gasteiger partial charge in [-0.1, -0.05) is 166 Å². The molecule has 5 aromatic carbocycles. The number of hydrogen-bond donors (Lipinski definition) is 1. The number of aromatic nitrogens is 1. The van der Waals surface area contributed by atoms with Gasteiger partial charge in [-0.3, -0.25) is 10.2 Å². The molecule has 1 saturated heterocycles. The normalized spacial score (nSPS) is 24.5. The Morgan fingerprint density at radius 2 is 1.54 bits per heavy atom. The fraction of sp³-hybridized carbons (Fsp3) is 0.245. The van der Waals surface area contributed by atoms with Crippen molar-refractivity contribution in [3.8, 4) is 16.8 Å². The Bertz CT molecular complexity index is 2660. The van der Waals surface area contributed by atoms with Crippen molar-refractivity contribution >= 4 is 22.9 Å². The molecule has 2 heterocycles. The van der Waals surface area contributed by atoms with Gasteiger partial charge in [0, 0.05) is 45.6 Å². The largest absolute Gasteiger partial charge is 0.317 e. The first-order valence-corrected chi connectivity index (χ1v) is 20.7. The molecule has 276 valence electrons. The van der Waals surface area contributed by atoms with Crippen molar-refractivity contribution in [3.63, 3.8) is 0 Å². The van der Waals surface area contributed by atoms with E-state index in [1.807, 2.05) is 0 Å². The highest BCUT2D eigenvalue weighted by Gasteiger charge is 2.45. The van der Waals surface area contributed by atoms with E-state index in [-0.39, 0.29) is 17.6 Å². The number of likely N-dealkylation sites (N-methyl/N-ethyl adjacent to an activating group) is 1. The van der Waals surface area contributed by atoms with Crippen LogP contribution in [0.5, 0.6) is 0 Å². The maximum absolute atomic E-state index is 4.14. The van der Waals surface area contributed by atoms with Crippen molar-refractivity contribution in [1.29, 1.82) is 0 Å². The second kappa shape index (κ2) is 12.8. The van der Waals surface area contributed by atoms with Crippen LogP contribution in [0, 0.1) is 5.92 Å². The third-order valence-electron chi connectivity index (χ3n) is 13.9. The molecule has 0 saturated carbocycles. The van der Waals surface area contributed by atoms with E-state index in [2.05, 4.69) is 194 Å². The summed E-state index contributed by atoms with van der Waals surface area (Å²) in [6.45, 7) is 7.21. The summed E-state index contributed by atoms with van der Waals surface area (Å²) < 4.78 is 2.63. The molecule has 56 heavy (non-hydrogen) atoms. The molecule has 0 spiro atoms. The lowest BCUT2D eigenvalue weighted by molar-refractivity contribution is 0.0939. The fourth-order valence-electron chi connectivity index (χ4n) is 11.2. The van der Waals surface area contributed by atoms with Crippen LogP contribution < -0.4 is 5.32 Å². The van der Waals surface area contributed by atoms with Crippen molar-refractivity contribution in [1.82, 2.24) is 14.8 Å². The van der Waals surface area contributed by atoms with Gasteiger partial charge < -0.3 is 4.57 Å². The maximum Gasteiger partial charge on any atom is 0.0870 e. The van der Waals surface area contributed by atoms with Crippen molar-refractivity contribution in [2.45, 2.75) is 69.6 Å². The van der Waals surface area contributed by atoms with E-state index in [9.17, 15) is 0 Å². The molecule has 5 atom stereocenters. The Morgan fingerprint density at radius 3 is 2.39 bits per heavy atom. The van der Waals surface area contributed by atoms with Crippen molar-refractivity contribution < 1.29 is 0 Å². The van der Waals surface area contributed by atoms with E-state index in [4.69, 9.17) is 0 Å². The number of nitrogens with one attached hydrogen (secondary N) is 1. The van der Waals surface area contributed by atoms with Gasteiger partial charge in [-0.15, -0.1) is 0 Å². The van der Waals surface area contributed by atoms with Gasteiger partial charge >= 0.3 is 0 Å². The van der Waals surface area contributed by atoms with Gasteiger partial charge in [0.1, 0.15) is 0 Å². The molecule has 0 amide bonds. The van der Waals surface area contributed by atoms with Crippen molar-refractivity contribution in [3.05, 3.63) is 195 Å². The summed E-state index contributed by atoms with van der Waals surface area (Å²) in [6, 6.07) is 43.8. The first kappa shape index (κ1) is 33.8. The lowest BCUT2D eigenvalue weighted by Crippen LogP contribution is -2.54. The third-order valence-corrected chi connectivity index (χ3v) is 13.9. The Hall–Kier alpha value is -5.48. The predicted molar refractivity (Wildman–Crippen MR) is 233 cm³/mol. The van der Waals surface area contributed by atoms with E-state index in [0.29, 0.717) is 17.9 Å². The Balaban J connectivity index is 0.945. The minimum atomic E-state index is 0.0460. The molecule has 0 radical (unpaired) electrons. The molecular weight excluding hydrogens is 679 g/mol.